The molecule has 0 aromatic rings. The molecule has 0 radical (unpaired) electrons. The summed E-state index contributed by atoms with van der Waals surface area (Å²) < 4.78 is 0. The van der Waals surface area contributed by atoms with Gasteiger partial charge in [0.05, 0.1) is 6.10 Å². The molecule has 0 spiro atoms. The first-order valence-electron chi connectivity index (χ1n) is 8.06. The second-order valence-electron chi connectivity index (χ2n) is 5.56. The van der Waals surface area contributed by atoms with Crippen LogP contribution in [0.2, 0.25) is 0 Å². The molecule has 3 nitrogen and oxygen atoms in total. The molecule has 0 rings (SSSR count). The van der Waals surface area contributed by atoms with E-state index in [0.29, 0.717) is 6.42 Å². The number of carbonyl (C=O) groups is 1. The molecule has 0 aromatic heterocycles. The van der Waals surface area contributed by atoms with Gasteiger partial charge in [-0.05, 0) is 12.8 Å². The Morgan fingerprint density at radius 2 is 1.32 bits per heavy atom. The van der Waals surface area contributed by atoms with E-state index < -0.39 is 12.1 Å². The fourth-order valence-corrected chi connectivity index (χ4v) is 2.30. The number of aliphatic hydroxyl groups is 1. The van der Waals surface area contributed by atoms with Crippen LogP contribution < -0.4 is 0 Å². The smallest absolute Gasteiger partial charge is 0.303 e. The number of rotatable bonds is 14. The fraction of sp³-hybridized carbons (Fsp3) is 0.938. The van der Waals surface area contributed by atoms with E-state index in [9.17, 15) is 9.90 Å². The van der Waals surface area contributed by atoms with E-state index in [2.05, 4.69) is 6.92 Å². The highest BCUT2D eigenvalue weighted by Crippen LogP contribution is 2.13. The molecule has 0 fully saturated rings. The van der Waals surface area contributed by atoms with E-state index >= 15 is 0 Å². The largest absolute Gasteiger partial charge is 0.481 e. The Hall–Kier alpha value is -0.570. The molecule has 114 valence electrons. The van der Waals surface area contributed by atoms with Crippen LogP contribution in [0.15, 0.2) is 0 Å². The van der Waals surface area contributed by atoms with Crippen molar-refractivity contribution >= 4 is 5.97 Å². The maximum atomic E-state index is 10.3. The summed E-state index contributed by atoms with van der Waals surface area (Å²) in [7, 11) is 0. The van der Waals surface area contributed by atoms with Crippen molar-refractivity contribution in [3.63, 3.8) is 0 Å². The van der Waals surface area contributed by atoms with Crippen molar-refractivity contribution < 1.29 is 15.0 Å². The second-order valence-corrected chi connectivity index (χ2v) is 5.56. The lowest BCUT2D eigenvalue weighted by Gasteiger charge is -2.08. The van der Waals surface area contributed by atoms with Gasteiger partial charge in [0.15, 0.2) is 0 Å². The Morgan fingerprint density at radius 3 is 1.79 bits per heavy atom. The summed E-state index contributed by atoms with van der Waals surface area (Å²) in [5.41, 5.74) is 0. The van der Waals surface area contributed by atoms with E-state index in [1.54, 1.807) is 0 Å². The summed E-state index contributed by atoms with van der Waals surface area (Å²) in [4.78, 5) is 10.3. The summed E-state index contributed by atoms with van der Waals surface area (Å²) in [5, 5.41) is 18.1. The quantitative estimate of drug-likeness (QED) is 0.457. The molecule has 0 saturated heterocycles. The normalized spacial score (nSPS) is 12.5. The number of aliphatic carboxylic acids is 1. The molecule has 1 atom stereocenters. The monoisotopic (exact) mass is 272 g/mol. The van der Waals surface area contributed by atoms with Crippen LogP contribution in [0.5, 0.6) is 0 Å². The van der Waals surface area contributed by atoms with Gasteiger partial charge >= 0.3 is 5.97 Å². The lowest BCUT2D eigenvalue weighted by molar-refractivity contribution is -0.137. The highest BCUT2D eigenvalue weighted by molar-refractivity contribution is 5.66. The highest BCUT2D eigenvalue weighted by Gasteiger charge is 2.06. The lowest BCUT2D eigenvalue weighted by atomic mass is 10.0. The van der Waals surface area contributed by atoms with Crippen LogP contribution in [0.4, 0.5) is 0 Å². The van der Waals surface area contributed by atoms with Gasteiger partial charge in [0.1, 0.15) is 0 Å². The van der Waals surface area contributed by atoms with E-state index in [0.717, 1.165) is 12.8 Å². The first-order chi connectivity index (χ1) is 9.16. The molecule has 0 saturated carbocycles. The van der Waals surface area contributed by atoms with Crippen LogP contribution in [0.3, 0.4) is 0 Å². The predicted molar refractivity (Wildman–Crippen MR) is 79.3 cm³/mol. The lowest BCUT2D eigenvalue weighted by Crippen LogP contribution is -2.09. The minimum Gasteiger partial charge on any atom is -0.481 e. The van der Waals surface area contributed by atoms with Crippen molar-refractivity contribution in [2.75, 3.05) is 0 Å². The molecular weight excluding hydrogens is 240 g/mol. The number of carboxylic acids is 1. The van der Waals surface area contributed by atoms with Gasteiger partial charge in [0.2, 0.25) is 0 Å². The number of hydrogen-bond donors (Lipinski definition) is 2. The summed E-state index contributed by atoms with van der Waals surface area (Å²) in [5.74, 6) is -0.817. The summed E-state index contributed by atoms with van der Waals surface area (Å²) >= 11 is 0. The molecule has 0 aromatic carbocycles. The van der Waals surface area contributed by atoms with Crippen LogP contribution in [0.1, 0.15) is 90.4 Å². The Morgan fingerprint density at radius 1 is 0.842 bits per heavy atom. The van der Waals surface area contributed by atoms with E-state index in [-0.39, 0.29) is 6.42 Å². The zero-order chi connectivity index (χ0) is 14.3. The molecule has 0 heterocycles. The minimum absolute atomic E-state index is 0.0823. The van der Waals surface area contributed by atoms with Gasteiger partial charge in [-0.15, -0.1) is 0 Å². The molecule has 19 heavy (non-hydrogen) atoms. The molecule has 0 aliphatic heterocycles. The minimum atomic E-state index is -0.817. The van der Waals surface area contributed by atoms with Crippen LogP contribution in [-0.2, 0) is 4.79 Å². The number of unbranched alkanes of at least 4 members (excludes halogenated alkanes) is 9. The molecule has 3 heteroatoms. The number of aliphatic hydroxyl groups excluding tert-OH is 1. The van der Waals surface area contributed by atoms with Crippen LogP contribution in [0.25, 0.3) is 0 Å². The summed E-state index contributed by atoms with van der Waals surface area (Å²) in [6, 6.07) is 0. The predicted octanol–water partition coefficient (Wildman–Crippen LogP) is 4.52. The van der Waals surface area contributed by atoms with Gasteiger partial charge in [0, 0.05) is 6.42 Å². The van der Waals surface area contributed by atoms with Gasteiger partial charge in [0.25, 0.3) is 0 Å². The van der Waals surface area contributed by atoms with Crippen molar-refractivity contribution in [3.05, 3.63) is 0 Å². The number of carboxylic acid groups (broad SMARTS) is 1. The van der Waals surface area contributed by atoms with Crippen molar-refractivity contribution in [2.24, 2.45) is 0 Å². The third kappa shape index (κ3) is 15.4. The van der Waals surface area contributed by atoms with Crippen molar-refractivity contribution in [3.8, 4) is 0 Å². The van der Waals surface area contributed by atoms with E-state index in [4.69, 9.17) is 5.11 Å². The Balaban J connectivity index is 3.11. The summed E-state index contributed by atoms with van der Waals surface area (Å²) in [6.45, 7) is 2.24. The van der Waals surface area contributed by atoms with Gasteiger partial charge in [-0.2, -0.15) is 0 Å². The highest BCUT2D eigenvalue weighted by atomic mass is 16.4. The Bertz CT molecular complexity index is 204. The standard InChI is InChI=1S/C16H32O3/c1-2-3-4-5-6-7-8-9-10-11-12-15(17)13-14-16(18)19/h15,17H,2-14H2,1H3,(H,18,19). The van der Waals surface area contributed by atoms with Gasteiger partial charge in [-0.25, -0.2) is 0 Å². The molecule has 0 aliphatic carbocycles. The van der Waals surface area contributed by atoms with Crippen LogP contribution in [-0.4, -0.2) is 22.3 Å². The van der Waals surface area contributed by atoms with Gasteiger partial charge in [-0.3, -0.25) is 4.79 Å². The van der Waals surface area contributed by atoms with Crippen LogP contribution in [0, 0.1) is 0 Å². The average molecular weight is 272 g/mol. The van der Waals surface area contributed by atoms with Gasteiger partial charge < -0.3 is 10.2 Å². The first-order valence-corrected chi connectivity index (χ1v) is 8.06. The Kier molecular flexibility index (Phi) is 13.4. The maximum Gasteiger partial charge on any atom is 0.303 e. The molecule has 0 bridgehead atoms. The molecule has 2 N–H and O–H groups in total. The second kappa shape index (κ2) is 13.9. The van der Waals surface area contributed by atoms with E-state index in [1.807, 2.05) is 0 Å². The van der Waals surface area contributed by atoms with Crippen LogP contribution >= 0.6 is 0 Å². The van der Waals surface area contributed by atoms with Gasteiger partial charge in [-0.1, -0.05) is 71.1 Å². The third-order valence-electron chi connectivity index (χ3n) is 3.58. The molecule has 0 aliphatic rings. The fourth-order valence-electron chi connectivity index (χ4n) is 2.30. The topological polar surface area (TPSA) is 57.5 Å². The zero-order valence-electron chi connectivity index (χ0n) is 12.6. The van der Waals surface area contributed by atoms with Crippen molar-refractivity contribution in [1.82, 2.24) is 0 Å². The van der Waals surface area contributed by atoms with Crippen molar-refractivity contribution in [1.29, 1.82) is 0 Å². The van der Waals surface area contributed by atoms with Crippen molar-refractivity contribution in [2.45, 2.75) is 96.5 Å². The van der Waals surface area contributed by atoms with E-state index in [1.165, 1.54) is 57.8 Å². The number of hydrogen-bond acceptors (Lipinski definition) is 2. The third-order valence-corrected chi connectivity index (χ3v) is 3.58. The molecular formula is C16H32O3. The zero-order valence-corrected chi connectivity index (χ0v) is 12.6. The molecule has 1 unspecified atom stereocenters. The molecule has 0 amide bonds. The average Bonchev–Trinajstić information content (AvgIpc) is 2.38. The summed E-state index contributed by atoms with van der Waals surface area (Å²) in [6.07, 6.45) is 13.7. The maximum absolute atomic E-state index is 10.3. The first kappa shape index (κ1) is 18.4. The Labute approximate surface area is 118 Å². The SMILES string of the molecule is CCCCCCCCCCCCC(O)CCC(=O)O.